The molecule has 0 nitrogen and oxygen atoms in total. The fourth-order valence-electron chi connectivity index (χ4n) is 0. The summed E-state index contributed by atoms with van der Waals surface area (Å²) in [6.07, 6.45) is 0. The van der Waals surface area contributed by atoms with Crippen LogP contribution in [0, 0.1) is 0 Å². The van der Waals surface area contributed by atoms with Gasteiger partial charge in [-0.05, 0) is 0 Å². The van der Waals surface area contributed by atoms with Crippen molar-refractivity contribution in [3.63, 3.8) is 0 Å². The largest absolute Gasteiger partial charge is 0 e. The molecule has 4 heavy (non-hydrogen) atoms. The van der Waals surface area contributed by atoms with Crippen LogP contribution in [0.4, 0.5) is 0 Å². The normalized spacial score (nSPS) is 2.00. The smallest absolute Gasteiger partial charge is 0 e. The summed E-state index contributed by atoms with van der Waals surface area (Å²) < 4.78 is 0. The Balaban J connectivity index is -0.00000000500. The molecule has 0 aliphatic rings. The Kier molecular flexibility index (Phi) is 74.8. The molecule has 0 rings (SSSR count). The van der Waals surface area contributed by atoms with E-state index in [1.165, 1.54) is 8.21 Å². The molecule has 0 N–H and O–H groups in total. The summed E-state index contributed by atoms with van der Waals surface area (Å²) in [7, 11) is 1.32. The molecule has 0 spiro atoms. The summed E-state index contributed by atoms with van der Waals surface area (Å²) in [6, 6.07) is 0. The van der Waals surface area contributed by atoms with Gasteiger partial charge in [0.25, 0.3) is 0 Å². The van der Waals surface area contributed by atoms with Gasteiger partial charge >= 0.3 is 27.3 Å². The predicted molar refractivity (Wildman–Crippen MR) is 19.9 cm³/mol. The summed E-state index contributed by atoms with van der Waals surface area (Å²) in [5.41, 5.74) is 0. The van der Waals surface area contributed by atoms with E-state index < -0.39 is 0 Å². The van der Waals surface area contributed by atoms with Gasteiger partial charge in [0, 0.05) is 26.2 Å². The molecule has 0 heterocycles. The summed E-state index contributed by atoms with van der Waals surface area (Å²) in [4.78, 5) is 0. The summed E-state index contributed by atoms with van der Waals surface area (Å²) in [5, 5.41) is 0. The molecular formula is H6AlMoSiZr. The van der Waals surface area contributed by atoms with Gasteiger partial charge in [0.1, 0.15) is 0 Å². The standard InChI is InChI=1S/Al.Mo.H3Si.Zr.3H/h;;1H3;;;;. The first-order chi connectivity index (χ1) is 1.00. The first-order valence-corrected chi connectivity index (χ1v) is 7.25. The van der Waals surface area contributed by atoms with E-state index in [-0.39, 0.29) is 43.6 Å². The third-order valence-electron chi connectivity index (χ3n) is 0. The van der Waals surface area contributed by atoms with E-state index in [9.17, 15) is 0 Å². The molecule has 0 radical (unpaired) electrons. The average Bonchev–Trinajstić information content (AvgIpc) is 1.00. The number of rotatable bonds is 0. The van der Waals surface area contributed by atoms with Gasteiger partial charge in [-0.3, -0.25) is 0 Å². The minimum atomic E-state index is 0. The molecule has 0 bridgehead atoms. The Morgan fingerprint density at radius 3 is 1.25 bits per heavy atom. The van der Waals surface area contributed by atoms with Crippen molar-refractivity contribution in [2.45, 2.75) is 0 Å². The van der Waals surface area contributed by atoms with E-state index in [0.29, 0.717) is 0 Å². The Hall–Kier alpha value is 2.32. The van der Waals surface area contributed by atoms with Crippen LogP contribution < -0.4 is 0 Å². The van der Waals surface area contributed by atoms with Crippen molar-refractivity contribution in [3.05, 3.63) is 0 Å². The molecule has 0 aromatic carbocycles. The van der Waals surface area contributed by atoms with Gasteiger partial charge in [-0.2, -0.15) is 0 Å². The molecule has 0 aromatic rings. The third-order valence-corrected chi connectivity index (χ3v) is 0. The van der Waals surface area contributed by atoms with Crippen molar-refractivity contribution < 1.29 is 45.3 Å². The van der Waals surface area contributed by atoms with E-state index in [1.54, 1.807) is 0 Å². The SMILES string of the molecule is [AlH3].[SiH3][Mo].[Zr]. The van der Waals surface area contributed by atoms with Crippen molar-refractivity contribution in [1.29, 1.82) is 0 Å². The van der Waals surface area contributed by atoms with Crippen LogP contribution in [0.1, 0.15) is 0 Å². The molecule has 0 saturated heterocycles. The van der Waals surface area contributed by atoms with Crippen molar-refractivity contribution in [1.82, 2.24) is 0 Å². The van der Waals surface area contributed by atoms with Gasteiger partial charge in [0.05, 0.1) is 0 Å². The molecule has 0 atom stereocenters. The van der Waals surface area contributed by atoms with Crippen LogP contribution in [0.15, 0.2) is 0 Å². The second kappa shape index (κ2) is 18.4. The minimum absolute atomic E-state index is 0. The van der Waals surface area contributed by atoms with Gasteiger partial charge in [0.15, 0.2) is 17.4 Å². The van der Waals surface area contributed by atoms with Crippen LogP contribution in [0.2, 0.25) is 0 Å². The maximum absolute atomic E-state index is 2.09. The zero-order valence-corrected chi connectivity index (χ0v) is 8.37. The van der Waals surface area contributed by atoms with Crippen LogP contribution in [-0.4, -0.2) is 25.6 Å². The maximum Gasteiger partial charge on any atom is 0 e. The van der Waals surface area contributed by atoms with E-state index in [0.717, 1.165) is 0 Å². The van der Waals surface area contributed by atoms with Crippen molar-refractivity contribution in [2.24, 2.45) is 0 Å². The maximum atomic E-state index is 2.09. The van der Waals surface area contributed by atoms with E-state index in [4.69, 9.17) is 0 Å². The molecule has 0 fully saturated rings. The molecule has 0 aromatic heterocycles. The Bertz CT molecular complexity index is 8.00. The second-order valence-corrected chi connectivity index (χ2v) is 0. The monoisotopic (exact) mass is 249 g/mol. The van der Waals surface area contributed by atoms with Gasteiger partial charge in [-0.15, -0.1) is 0 Å². The van der Waals surface area contributed by atoms with E-state index in [1.807, 2.05) is 0 Å². The molecule has 0 unspecified atom stereocenters. The fraction of sp³-hybridized carbons (Fsp3) is 0. The van der Waals surface area contributed by atoms with E-state index in [2.05, 4.69) is 19.1 Å². The Labute approximate surface area is 69.9 Å². The summed E-state index contributed by atoms with van der Waals surface area (Å²) in [5.74, 6) is 0. The van der Waals surface area contributed by atoms with Crippen LogP contribution in [0.25, 0.3) is 0 Å². The van der Waals surface area contributed by atoms with Crippen LogP contribution >= 0.6 is 0 Å². The topological polar surface area (TPSA) is 0 Å². The van der Waals surface area contributed by atoms with Gasteiger partial charge in [-0.1, -0.05) is 0 Å². The Morgan fingerprint density at radius 2 is 1.25 bits per heavy atom. The third kappa shape index (κ3) is 8.85. The van der Waals surface area contributed by atoms with Gasteiger partial charge in [0.2, 0.25) is 0 Å². The zero-order chi connectivity index (χ0) is 2.00. The first-order valence-electron chi connectivity index (χ1n) is 0.408. The molecule has 0 amide bonds. The van der Waals surface area contributed by atoms with Crippen LogP contribution in [0.3, 0.4) is 0 Å². The molecule has 0 saturated carbocycles. The average molecular weight is 248 g/mol. The Morgan fingerprint density at radius 1 is 1.25 bits per heavy atom. The molecule has 0 aliphatic heterocycles. The zero-order valence-electron chi connectivity index (χ0n) is 1.91. The van der Waals surface area contributed by atoms with Crippen molar-refractivity contribution in [3.8, 4) is 0 Å². The number of hydrogen-bond acceptors (Lipinski definition) is 0. The molecule has 23 valence electrons. The fourth-order valence-corrected chi connectivity index (χ4v) is 0. The van der Waals surface area contributed by atoms with Gasteiger partial charge in [-0.25, -0.2) is 0 Å². The van der Waals surface area contributed by atoms with E-state index >= 15 is 0 Å². The number of hydrogen-bond donors (Lipinski definition) is 0. The molecule has 0 aliphatic carbocycles. The summed E-state index contributed by atoms with van der Waals surface area (Å²) in [6.45, 7) is 0. The molecular weight excluding hydrogens is 242 g/mol. The van der Waals surface area contributed by atoms with Crippen LogP contribution in [-0.2, 0) is 45.3 Å². The van der Waals surface area contributed by atoms with Crippen LogP contribution in [0.5, 0.6) is 0 Å². The first kappa shape index (κ1) is 16.2. The summed E-state index contributed by atoms with van der Waals surface area (Å²) >= 11 is 2.09. The quantitative estimate of drug-likeness (QED) is 0.420. The van der Waals surface area contributed by atoms with Gasteiger partial charge < -0.3 is 0 Å². The van der Waals surface area contributed by atoms with Crippen molar-refractivity contribution >= 4 is 25.6 Å². The molecule has 4 heteroatoms. The minimum Gasteiger partial charge on any atom is 0 e. The predicted octanol–water partition coefficient (Wildman–Crippen LogP) is -2.37. The van der Waals surface area contributed by atoms with Crippen molar-refractivity contribution in [2.75, 3.05) is 0 Å². The second-order valence-electron chi connectivity index (χ2n) is 0.